The molecule has 1 aromatic heterocycles. The highest BCUT2D eigenvalue weighted by Gasteiger charge is 2.23. The van der Waals surface area contributed by atoms with E-state index in [1.807, 2.05) is 0 Å². The predicted octanol–water partition coefficient (Wildman–Crippen LogP) is 2.27. The molecule has 1 aliphatic carbocycles. The summed E-state index contributed by atoms with van der Waals surface area (Å²) in [6.45, 7) is 2.21. The maximum Gasteiger partial charge on any atom is 0.357 e. The van der Waals surface area contributed by atoms with Gasteiger partial charge in [0, 0.05) is 11.8 Å². The fraction of sp³-hybridized carbons (Fsp3) is 0.600. The Morgan fingerprint density at radius 2 is 2.50 bits per heavy atom. The van der Waals surface area contributed by atoms with E-state index >= 15 is 0 Å². The van der Waals surface area contributed by atoms with E-state index in [-0.39, 0.29) is 5.97 Å². The molecule has 0 radical (unpaired) electrons. The smallest absolute Gasteiger partial charge is 0.357 e. The van der Waals surface area contributed by atoms with Gasteiger partial charge >= 0.3 is 5.97 Å². The van der Waals surface area contributed by atoms with Gasteiger partial charge in [0.25, 0.3) is 0 Å². The topological polar surface area (TPSA) is 39.2 Å². The summed E-state index contributed by atoms with van der Waals surface area (Å²) in [6, 6.07) is 0. The van der Waals surface area contributed by atoms with E-state index in [2.05, 4.69) is 4.98 Å². The van der Waals surface area contributed by atoms with E-state index in [4.69, 9.17) is 4.74 Å². The number of hydrogen-bond donors (Lipinski definition) is 0. The van der Waals surface area contributed by atoms with Gasteiger partial charge in [-0.3, -0.25) is 0 Å². The number of nitrogens with zero attached hydrogens (tertiary/aromatic N) is 1. The monoisotopic (exact) mass is 211 g/mol. The summed E-state index contributed by atoms with van der Waals surface area (Å²) >= 11 is 1.56. The lowest BCUT2D eigenvalue weighted by Gasteiger charge is -1.96. The second-order valence-electron chi connectivity index (χ2n) is 3.49. The quantitative estimate of drug-likeness (QED) is 0.717. The summed E-state index contributed by atoms with van der Waals surface area (Å²) in [4.78, 5) is 15.5. The molecule has 0 aliphatic heterocycles. The third-order valence-electron chi connectivity index (χ3n) is 2.20. The fourth-order valence-corrected chi connectivity index (χ4v) is 2.15. The van der Waals surface area contributed by atoms with Crippen molar-refractivity contribution in [2.45, 2.75) is 26.2 Å². The normalized spacial score (nSPS) is 15.5. The van der Waals surface area contributed by atoms with Crippen molar-refractivity contribution in [2.24, 2.45) is 5.92 Å². The average molecular weight is 211 g/mol. The molecule has 76 valence electrons. The minimum absolute atomic E-state index is 0.300. The third-order valence-corrected chi connectivity index (χ3v) is 3.07. The minimum Gasteiger partial charge on any atom is -0.461 e. The van der Waals surface area contributed by atoms with Crippen LogP contribution in [-0.4, -0.2) is 17.6 Å². The van der Waals surface area contributed by atoms with Crippen LogP contribution in [0.15, 0.2) is 5.38 Å². The minimum atomic E-state index is -0.300. The number of ether oxygens (including phenoxy) is 1. The third kappa shape index (κ3) is 2.32. The molecule has 1 heterocycles. The van der Waals surface area contributed by atoms with E-state index in [1.54, 1.807) is 23.6 Å². The summed E-state index contributed by atoms with van der Waals surface area (Å²) < 4.78 is 4.87. The van der Waals surface area contributed by atoms with E-state index in [9.17, 15) is 4.79 Å². The lowest BCUT2D eigenvalue weighted by Crippen LogP contribution is -2.05. The first-order chi connectivity index (χ1) is 6.79. The van der Waals surface area contributed by atoms with Crippen molar-refractivity contribution in [1.82, 2.24) is 4.98 Å². The Hall–Kier alpha value is -0.900. The number of thiazole rings is 1. The summed E-state index contributed by atoms with van der Waals surface area (Å²) in [7, 11) is 0. The van der Waals surface area contributed by atoms with Gasteiger partial charge in [0.1, 0.15) is 0 Å². The van der Waals surface area contributed by atoms with Gasteiger partial charge in [-0.05, 0) is 25.7 Å². The first kappa shape index (κ1) is 9.65. The van der Waals surface area contributed by atoms with E-state index in [0.29, 0.717) is 12.3 Å². The van der Waals surface area contributed by atoms with E-state index in [1.165, 1.54) is 12.8 Å². The molecule has 0 atom stereocenters. The first-order valence-electron chi connectivity index (χ1n) is 4.91. The molecular formula is C10H13NO2S. The largest absolute Gasteiger partial charge is 0.461 e. The highest BCUT2D eigenvalue weighted by atomic mass is 32.1. The van der Waals surface area contributed by atoms with Crippen molar-refractivity contribution in [2.75, 3.05) is 6.61 Å². The van der Waals surface area contributed by atoms with Crippen LogP contribution in [0.5, 0.6) is 0 Å². The summed E-state index contributed by atoms with van der Waals surface area (Å²) in [6.07, 6.45) is 3.66. The van der Waals surface area contributed by atoms with E-state index in [0.717, 1.165) is 17.3 Å². The molecule has 14 heavy (non-hydrogen) atoms. The van der Waals surface area contributed by atoms with Gasteiger partial charge in [-0.15, -0.1) is 11.3 Å². The lowest BCUT2D eigenvalue weighted by atomic mass is 10.3. The van der Waals surface area contributed by atoms with Crippen LogP contribution < -0.4 is 0 Å². The Bertz CT molecular complexity index is 331. The number of hydrogen-bond acceptors (Lipinski definition) is 4. The Morgan fingerprint density at radius 3 is 3.14 bits per heavy atom. The first-order valence-corrected chi connectivity index (χ1v) is 5.79. The van der Waals surface area contributed by atoms with Crippen LogP contribution in [0.4, 0.5) is 0 Å². The fourth-order valence-electron chi connectivity index (χ4n) is 1.27. The number of carbonyl (C=O) groups is 1. The molecule has 0 unspecified atom stereocenters. The van der Waals surface area contributed by atoms with Crippen LogP contribution in [0, 0.1) is 5.92 Å². The molecular weight excluding hydrogens is 198 g/mol. The van der Waals surface area contributed by atoms with E-state index < -0.39 is 0 Å². The molecule has 1 aromatic rings. The van der Waals surface area contributed by atoms with Crippen LogP contribution in [0.2, 0.25) is 0 Å². The Kier molecular flexibility index (Phi) is 2.82. The van der Waals surface area contributed by atoms with Crippen molar-refractivity contribution in [3.8, 4) is 0 Å². The van der Waals surface area contributed by atoms with Crippen molar-refractivity contribution in [3.05, 3.63) is 16.1 Å². The molecule has 0 spiro atoms. The Morgan fingerprint density at radius 1 is 1.71 bits per heavy atom. The highest BCUT2D eigenvalue weighted by Crippen LogP contribution is 2.33. The number of aromatic nitrogens is 1. The molecule has 4 heteroatoms. The van der Waals surface area contributed by atoms with Crippen LogP contribution in [0.3, 0.4) is 0 Å². The van der Waals surface area contributed by atoms with Crippen LogP contribution >= 0.6 is 11.3 Å². The zero-order valence-corrected chi connectivity index (χ0v) is 8.97. The van der Waals surface area contributed by atoms with Gasteiger partial charge in [0.2, 0.25) is 0 Å². The van der Waals surface area contributed by atoms with Crippen molar-refractivity contribution in [3.63, 3.8) is 0 Å². The Balaban J connectivity index is 1.97. The lowest BCUT2D eigenvalue weighted by molar-refractivity contribution is 0.0520. The SMILES string of the molecule is CCOC(=O)c1csc(CC2CC2)n1. The van der Waals surface area contributed by atoms with Gasteiger partial charge in [0.15, 0.2) is 5.69 Å². The molecule has 3 nitrogen and oxygen atoms in total. The van der Waals surface area contributed by atoms with Gasteiger partial charge < -0.3 is 4.74 Å². The molecule has 2 rings (SSSR count). The van der Waals surface area contributed by atoms with Crippen molar-refractivity contribution < 1.29 is 9.53 Å². The van der Waals surface area contributed by atoms with Gasteiger partial charge in [-0.2, -0.15) is 0 Å². The van der Waals surface area contributed by atoms with Crippen LogP contribution in [-0.2, 0) is 11.2 Å². The molecule has 1 saturated carbocycles. The zero-order chi connectivity index (χ0) is 9.97. The summed E-state index contributed by atoms with van der Waals surface area (Å²) in [5, 5.41) is 2.85. The number of rotatable bonds is 4. The zero-order valence-electron chi connectivity index (χ0n) is 8.16. The Labute approximate surface area is 87.1 Å². The highest BCUT2D eigenvalue weighted by molar-refractivity contribution is 7.09. The predicted molar refractivity (Wildman–Crippen MR) is 54.5 cm³/mol. The molecule has 0 bridgehead atoms. The van der Waals surface area contributed by atoms with Gasteiger partial charge in [0.05, 0.1) is 11.6 Å². The maximum absolute atomic E-state index is 11.3. The maximum atomic E-state index is 11.3. The standard InChI is InChI=1S/C10H13NO2S/c1-2-13-10(12)8-6-14-9(11-8)5-7-3-4-7/h6-7H,2-5H2,1H3. The second-order valence-corrected chi connectivity index (χ2v) is 4.44. The molecule has 0 N–H and O–H groups in total. The van der Waals surface area contributed by atoms with Crippen LogP contribution in [0.1, 0.15) is 35.3 Å². The average Bonchev–Trinajstić information content (AvgIpc) is 2.82. The van der Waals surface area contributed by atoms with Crippen LogP contribution in [0.25, 0.3) is 0 Å². The second kappa shape index (κ2) is 4.09. The number of carbonyl (C=O) groups excluding carboxylic acids is 1. The van der Waals surface area contributed by atoms with Gasteiger partial charge in [-0.1, -0.05) is 0 Å². The molecule has 0 aromatic carbocycles. The van der Waals surface area contributed by atoms with Crippen molar-refractivity contribution in [1.29, 1.82) is 0 Å². The molecule has 0 amide bonds. The number of esters is 1. The summed E-state index contributed by atoms with van der Waals surface area (Å²) in [5.74, 6) is 0.516. The van der Waals surface area contributed by atoms with Gasteiger partial charge in [-0.25, -0.2) is 9.78 Å². The molecule has 0 saturated heterocycles. The molecule has 1 aliphatic rings. The molecule has 1 fully saturated rings. The van der Waals surface area contributed by atoms with Crippen molar-refractivity contribution >= 4 is 17.3 Å². The summed E-state index contributed by atoms with van der Waals surface area (Å²) in [5.41, 5.74) is 0.465.